The zero-order chi connectivity index (χ0) is 9.97. The Hall–Kier alpha value is -1.49. The Bertz CT molecular complexity index is 310. The number of hydrogen-bond acceptors (Lipinski definition) is 3. The normalized spacial score (nSPS) is 21.4. The van der Waals surface area contributed by atoms with Crippen molar-refractivity contribution in [2.75, 3.05) is 13.1 Å². The predicted octanol–water partition coefficient (Wildman–Crippen LogP) is 0.132. The summed E-state index contributed by atoms with van der Waals surface area (Å²) in [5.74, 6) is 0.790. The smallest absolute Gasteiger partial charge is 0.318 e. The number of nitrogens with zero attached hydrogens (tertiary/aromatic N) is 1. The number of urea groups is 1. The van der Waals surface area contributed by atoms with Crippen molar-refractivity contribution in [2.24, 2.45) is 5.73 Å². The van der Waals surface area contributed by atoms with E-state index < -0.39 is 0 Å². The molecule has 1 fully saturated rings. The fraction of sp³-hybridized carbons (Fsp3) is 0.444. The van der Waals surface area contributed by atoms with Crippen LogP contribution in [0.3, 0.4) is 0 Å². The largest absolute Gasteiger partial charge is 0.467 e. The van der Waals surface area contributed by atoms with E-state index in [0.717, 1.165) is 5.76 Å². The molecule has 2 heterocycles. The van der Waals surface area contributed by atoms with E-state index in [-0.39, 0.29) is 12.1 Å². The van der Waals surface area contributed by atoms with E-state index in [1.165, 1.54) is 0 Å². The first-order valence-electron chi connectivity index (χ1n) is 4.57. The summed E-state index contributed by atoms with van der Waals surface area (Å²) < 4.78 is 5.16. The summed E-state index contributed by atoms with van der Waals surface area (Å²) in [6.07, 6.45) is 1.60. The van der Waals surface area contributed by atoms with Crippen LogP contribution in [-0.2, 0) is 6.54 Å². The van der Waals surface area contributed by atoms with Crippen molar-refractivity contribution >= 4 is 6.03 Å². The van der Waals surface area contributed by atoms with Gasteiger partial charge in [0.1, 0.15) is 5.76 Å². The minimum Gasteiger partial charge on any atom is -0.467 e. The van der Waals surface area contributed by atoms with E-state index in [0.29, 0.717) is 19.6 Å². The molecule has 0 saturated carbocycles. The first kappa shape index (κ1) is 9.08. The SMILES string of the molecule is NCC1CN(Cc2ccco2)C(=O)N1. The zero-order valence-corrected chi connectivity index (χ0v) is 7.77. The molecule has 2 amide bonds. The van der Waals surface area contributed by atoms with E-state index in [1.807, 2.05) is 12.1 Å². The first-order valence-corrected chi connectivity index (χ1v) is 4.57. The van der Waals surface area contributed by atoms with Crippen molar-refractivity contribution in [1.29, 1.82) is 0 Å². The van der Waals surface area contributed by atoms with E-state index in [2.05, 4.69) is 5.32 Å². The van der Waals surface area contributed by atoms with Gasteiger partial charge in [0.25, 0.3) is 0 Å². The van der Waals surface area contributed by atoms with Crippen molar-refractivity contribution in [1.82, 2.24) is 10.2 Å². The lowest BCUT2D eigenvalue weighted by molar-refractivity contribution is 0.211. The van der Waals surface area contributed by atoms with Crippen molar-refractivity contribution in [3.8, 4) is 0 Å². The Morgan fingerprint density at radius 3 is 3.14 bits per heavy atom. The molecule has 2 rings (SSSR count). The number of furan rings is 1. The van der Waals surface area contributed by atoms with E-state index >= 15 is 0 Å². The number of carbonyl (C=O) groups excluding carboxylic acids is 1. The summed E-state index contributed by atoms with van der Waals surface area (Å²) in [5.41, 5.74) is 5.47. The average molecular weight is 195 g/mol. The lowest BCUT2D eigenvalue weighted by Crippen LogP contribution is -2.33. The van der Waals surface area contributed by atoms with Crippen LogP contribution in [0.15, 0.2) is 22.8 Å². The minimum absolute atomic E-state index is 0.0671. The van der Waals surface area contributed by atoms with Crippen molar-refractivity contribution in [3.63, 3.8) is 0 Å². The fourth-order valence-electron chi connectivity index (χ4n) is 1.52. The van der Waals surface area contributed by atoms with Crippen molar-refractivity contribution in [3.05, 3.63) is 24.2 Å². The third-order valence-electron chi connectivity index (χ3n) is 2.27. The van der Waals surface area contributed by atoms with Crippen LogP contribution in [0.4, 0.5) is 4.79 Å². The lowest BCUT2D eigenvalue weighted by atomic mass is 10.3. The molecule has 1 saturated heterocycles. The van der Waals surface area contributed by atoms with Crippen LogP contribution in [0.1, 0.15) is 5.76 Å². The molecule has 1 aliphatic rings. The number of nitrogens with two attached hydrogens (primary N) is 1. The summed E-state index contributed by atoms with van der Waals surface area (Å²) in [4.78, 5) is 13.1. The van der Waals surface area contributed by atoms with E-state index in [4.69, 9.17) is 10.2 Å². The van der Waals surface area contributed by atoms with Crippen molar-refractivity contribution < 1.29 is 9.21 Å². The Morgan fingerprint density at radius 1 is 1.71 bits per heavy atom. The van der Waals surface area contributed by atoms with Crippen LogP contribution in [-0.4, -0.2) is 30.1 Å². The molecule has 1 atom stereocenters. The Labute approximate surface area is 81.9 Å². The highest BCUT2D eigenvalue weighted by Gasteiger charge is 2.27. The molecular formula is C9H13N3O2. The maximum absolute atomic E-state index is 11.4. The fourth-order valence-corrected chi connectivity index (χ4v) is 1.52. The molecule has 76 valence electrons. The summed E-state index contributed by atoms with van der Waals surface area (Å²) in [6, 6.07) is 3.65. The molecular weight excluding hydrogens is 182 g/mol. The van der Waals surface area contributed by atoms with Gasteiger partial charge in [-0.3, -0.25) is 0 Å². The number of amides is 2. The zero-order valence-electron chi connectivity index (χ0n) is 7.77. The van der Waals surface area contributed by atoms with Gasteiger partial charge in [0.15, 0.2) is 0 Å². The summed E-state index contributed by atoms with van der Waals surface area (Å²) in [6.45, 7) is 1.63. The molecule has 1 aliphatic heterocycles. The molecule has 3 N–H and O–H groups in total. The van der Waals surface area contributed by atoms with E-state index in [1.54, 1.807) is 11.2 Å². The monoisotopic (exact) mass is 195 g/mol. The molecule has 0 spiro atoms. The minimum atomic E-state index is -0.0724. The standard InChI is InChI=1S/C9H13N3O2/c10-4-7-5-12(9(13)11-7)6-8-2-1-3-14-8/h1-3,7H,4-6,10H2,(H,11,13). The van der Waals surface area contributed by atoms with Crippen molar-refractivity contribution in [2.45, 2.75) is 12.6 Å². The highest BCUT2D eigenvalue weighted by atomic mass is 16.3. The highest BCUT2D eigenvalue weighted by molar-refractivity contribution is 5.76. The molecule has 1 aromatic rings. The quantitative estimate of drug-likeness (QED) is 0.720. The van der Waals surface area contributed by atoms with Crippen LogP contribution in [0.25, 0.3) is 0 Å². The second-order valence-corrected chi connectivity index (χ2v) is 3.34. The van der Waals surface area contributed by atoms with Gasteiger partial charge in [0.05, 0.1) is 18.8 Å². The van der Waals surface area contributed by atoms with Crippen LogP contribution in [0, 0.1) is 0 Å². The molecule has 1 aromatic heterocycles. The number of carbonyl (C=O) groups is 1. The number of nitrogens with one attached hydrogen (secondary N) is 1. The van der Waals surface area contributed by atoms with Crippen LogP contribution < -0.4 is 11.1 Å². The van der Waals surface area contributed by atoms with Gasteiger partial charge in [0, 0.05) is 13.1 Å². The molecule has 0 aromatic carbocycles. The maximum atomic E-state index is 11.4. The topological polar surface area (TPSA) is 71.5 Å². The molecule has 1 unspecified atom stereocenters. The van der Waals surface area contributed by atoms with Gasteiger partial charge >= 0.3 is 6.03 Å². The third-order valence-corrected chi connectivity index (χ3v) is 2.27. The van der Waals surface area contributed by atoms with Gasteiger partial charge < -0.3 is 20.4 Å². The third kappa shape index (κ3) is 1.72. The lowest BCUT2D eigenvalue weighted by Gasteiger charge is -2.11. The molecule has 0 aliphatic carbocycles. The van der Waals surface area contributed by atoms with Crippen LogP contribution >= 0.6 is 0 Å². The molecule has 14 heavy (non-hydrogen) atoms. The first-order chi connectivity index (χ1) is 6.79. The average Bonchev–Trinajstić information content (AvgIpc) is 2.78. The Morgan fingerprint density at radius 2 is 2.57 bits per heavy atom. The van der Waals surface area contributed by atoms with Crippen LogP contribution in [0.2, 0.25) is 0 Å². The van der Waals surface area contributed by atoms with Crippen LogP contribution in [0.5, 0.6) is 0 Å². The van der Waals surface area contributed by atoms with Gasteiger partial charge in [-0.05, 0) is 12.1 Å². The van der Waals surface area contributed by atoms with Gasteiger partial charge in [-0.15, -0.1) is 0 Å². The van der Waals surface area contributed by atoms with Gasteiger partial charge in [0.2, 0.25) is 0 Å². The van der Waals surface area contributed by atoms with Gasteiger partial charge in [-0.2, -0.15) is 0 Å². The second kappa shape index (κ2) is 3.71. The summed E-state index contributed by atoms with van der Waals surface area (Å²) in [5, 5.41) is 2.79. The molecule has 5 nitrogen and oxygen atoms in total. The molecule has 5 heteroatoms. The number of hydrogen-bond donors (Lipinski definition) is 2. The summed E-state index contributed by atoms with van der Waals surface area (Å²) in [7, 11) is 0. The Balaban J connectivity index is 1.96. The van der Waals surface area contributed by atoms with E-state index in [9.17, 15) is 4.79 Å². The predicted molar refractivity (Wildman–Crippen MR) is 50.5 cm³/mol. The van der Waals surface area contributed by atoms with Gasteiger partial charge in [-0.1, -0.05) is 0 Å². The maximum Gasteiger partial charge on any atom is 0.318 e. The Kier molecular flexibility index (Phi) is 2.41. The van der Waals surface area contributed by atoms with Gasteiger partial charge in [-0.25, -0.2) is 4.79 Å². The molecule has 0 bridgehead atoms. The second-order valence-electron chi connectivity index (χ2n) is 3.34. The number of rotatable bonds is 3. The molecule has 0 radical (unpaired) electrons. The highest BCUT2D eigenvalue weighted by Crippen LogP contribution is 2.10. The summed E-state index contributed by atoms with van der Waals surface area (Å²) >= 11 is 0.